The summed E-state index contributed by atoms with van der Waals surface area (Å²) < 4.78 is 0. The molecule has 0 bridgehead atoms. The van der Waals surface area contributed by atoms with Gasteiger partial charge < -0.3 is 15.2 Å². The topological polar surface area (TPSA) is 82.6 Å². The zero-order valence-corrected chi connectivity index (χ0v) is 16.3. The molecule has 5 heterocycles. The number of nitrogens with one attached hydrogen (secondary N) is 2. The number of H-pyrrole nitrogens is 1. The molecule has 29 heavy (non-hydrogen) atoms. The Kier molecular flexibility index (Phi) is 4.65. The summed E-state index contributed by atoms with van der Waals surface area (Å²) in [6.45, 7) is 2.10. The van der Waals surface area contributed by atoms with Crippen LogP contribution in [0.25, 0.3) is 22.2 Å². The van der Waals surface area contributed by atoms with Gasteiger partial charge in [0.05, 0.1) is 17.4 Å². The zero-order valence-electron chi connectivity index (χ0n) is 16.3. The van der Waals surface area contributed by atoms with Crippen molar-refractivity contribution in [1.29, 1.82) is 0 Å². The molecule has 1 unspecified atom stereocenters. The fourth-order valence-electron chi connectivity index (χ4n) is 3.98. The summed E-state index contributed by atoms with van der Waals surface area (Å²) >= 11 is 0. The molecule has 5 rings (SSSR count). The number of pyridine rings is 2. The first-order valence-electron chi connectivity index (χ1n) is 9.93. The van der Waals surface area contributed by atoms with Crippen molar-refractivity contribution in [3.05, 3.63) is 60.9 Å². The van der Waals surface area contributed by atoms with E-state index in [1.807, 2.05) is 42.9 Å². The number of piperidine rings is 1. The van der Waals surface area contributed by atoms with Gasteiger partial charge in [-0.1, -0.05) is 6.07 Å². The van der Waals surface area contributed by atoms with Crippen molar-refractivity contribution in [3.8, 4) is 11.3 Å². The first kappa shape index (κ1) is 17.8. The van der Waals surface area contributed by atoms with E-state index in [0.717, 1.165) is 65.6 Å². The minimum Gasteiger partial charge on any atom is -0.360 e. The highest BCUT2D eigenvalue weighted by molar-refractivity contribution is 5.93. The smallest absolute Gasteiger partial charge is 0.135 e. The van der Waals surface area contributed by atoms with E-state index in [-0.39, 0.29) is 0 Å². The van der Waals surface area contributed by atoms with Crippen LogP contribution in [-0.4, -0.2) is 50.0 Å². The highest BCUT2D eigenvalue weighted by atomic mass is 15.1. The van der Waals surface area contributed by atoms with E-state index in [1.54, 1.807) is 6.20 Å². The first-order valence-corrected chi connectivity index (χ1v) is 9.93. The van der Waals surface area contributed by atoms with Crippen molar-refractivity contribution < 1.29 is 0 Å². The summed E-state index contributed by atoms with van der Waals surface area (Å²) in [4.78, 5) is 24.2. The second kappa shape index (κ2) is 7.60. The van der Waals surface area contributed by atoms with Gasteiger partial charge in [0.15, 0.2) is 0 Å². The average molecular weight is 385 g/mol. The molecule has 1 fully saturated rings. The SMILES string of the molecule is CN1CCCC(c2nc(Nc3ccccn3)cc(-c3cncc4[nH]ccc34)n2)C1. The Bertz CT molecular complexity index is 1120. The first-order chi connectivity index (χ1) is 14.3. The van der Waals surface area contributed by atoms with E-state index in [2.05, 4.69) is 38.3 Å². The lowest BCUT2D eigenvalue weighted by Gasteiger charge is -2.29. The molecule has 7 heteroatoms. The van der Waals surface area contributed by atoms with Gasteiger partial charge in [-0.15, -0.1) is 0 Å². The van der Waals surface area contributed by atoms with E-state index >= 15 is 0 Å². The molecule has 1 aliphatic rings. The van der Waals surface area contributed by atoms with Crippen molar-refractivity contribution >= 4 is 22.5 Å². The molecule has 0 aromatic carbocycles. The number of likely N-dealkylation sites (N-methyl/N-ethyl adjacent to an activating group) is 1. The Morgan fingerprint density at radius 3 is 2.97 bits per heavy atom. The second-order valence-electron chi connectivity index (χ2n) is 7.56. The Morgan fingerprint density at radius 2 is 2.10 bits per heavy atom. The standard InChI is InChI=1S/C22H23N7/c1-29-10-4-5-15(14-29)22-26-18(17-12-23-13-19-16(17)7-9-24-19)11-21(28-22)27-20-6-2-3-8-25-20/h2-3,6-9,11-13,15,24H,4-5,10,14H2,1H3,(H,25,26,27,28). The van der Waals surface area contributed by atoms with Crippen molar-refractivity contribution in [1.82, 2.24) is 29.8 Å². The van der Waals surface area contributed by atoms with Crippen LogP contribution >= 0.6 is 0 Å². The van der Waals surface area contributed by atoms with Crippen LogP contribution in [0.2, 0.25) is 0 Å². The monoisotopic (exact) mass is 385 g/mol. The Hall–Kier alpha value is -3.32. The van der Waals surface area contributed by atoms with E-state index in [0.29, 0.717) is 5.92 Å². The number of aromatic amines is 1. The predicted octanol–water partition coefficient (Wildman–Crippen LogP) is 3.97. The fraction of sp³-hybridized carbons (Fsp3) is 0.273. The molecule has 1 aliphatic heterocycles. The average Bonchev–Trinajstić information content (AvgIpc) is 3.23. The Morgan fingerprint density at radius 1 is 1.14 bits per heavy atom. The molecular formula is C22H23N7. The number of fused-ring (bicyclic) bond motifs is 1. The number of hydrogen-bond donors (Lipinski definition) is 2. The minimum absolute atomic E-state index is 0.316. The van der Waals surface area contributed by atoms with Gasteiger partial charge in [-0.05, 0) is 44.6 Å². The van der Waals surface area contributed by atoms with Crippen molar-refractivity contribution in [2.24, 2.45) is 0 Å². The van der Waals surface area contributed by atoms with Crippen LogP contribution < -0.4 is 5.32 Å². The molecular weight excluding hydrogens is 362 g/mol. The van der Waals surface area contributed by atoms with E-state index < -0.39 is 0 Å². The molecule has 0 saturated carbocycles. The highest BCUT2D eigenvalue weighted by Gasteiger charge is 2.23. The molecule has 0 spiro atoms. The summed E-state index contributed by atoms with van der Waals surface area (Å²) in [5, 5.41) is 4.45. The predicted molar refractivity (Wildman–Crippen MR) is 114 cm³/mol. The summed E-state index contributed by atoms with van der Waals surface area (Å²) in [6, 6.07) is 9.84. The number of aromatic nitrogens is 5. The molecule has 146 valence electrons. The number of hydrogen-bond acceptors (Lipinski definition) is 6. The van der Waals surface area contributed by atoms with Gasteiger partial charge in [-0.3, -0.25) is 4.98 Å². The fourth-order valence-corrected chi connectivity index (χ4v) is 3.98. The van der Waals surface area contributed by atoms with Gasteiger partial charge in [-0.25, -0.2) is 15.0 Å². The molecule has 4 aromatic heterocycles. The lowest BCUT2D eigenvalue weighted by Crippen LogP contribution is -2.31. The summed E-state index contributed by atoms with van der Waals surface area (Å²) in [5.74, 6) is 2.71. The maximum atomic E-state index is 4.98. The van der Waals surface area contributed by atoms with E-state index in [1.165, 1.54) is 0 Å². The van der Waals surface area contributed by atoms with Gasteiger partial charge in [0, 0.05) is 48.1 Å². The van der Waals surface area contributed by atoms with Crippen LogP contribution in [-0.2, 0) is 0 Å². The number of likely N-dealkylation sites (tertiary alicyclic amines) is 1. The molecule has 4 aromatic rings. The summed E-state index contributed by atoms with van der Waals surface area (Å²) in [7, 11) is 2.16. The van der Waals surface area contributed by atoms with Gasteiger partial charge in [0.2, 0.25) is 0 Å². The molecule has 0 amide bonds. The molecule has 0 radical (unpaired) electrons. The maximum Gasteiger partial charge on any atom is 0.135 e. The zero-order chi connectivity index (χ0) is 19.6. The third kappa shape index (κ3) is 3.69. The lowest BCUT2D eigenvalue weighted by molar-refractivity contribution is 0.246. The third-order valence-electron chi connectivity index (χ3n) is 5.41. The minimum atomic E-state index is 0.316. The van der Waals surface area contributed by atoms with Crippen LogP contribution in [0.5, 0.6) is 0 Å². The second-order valence-corrected chi connectivity index (χ2v) is 7.56. The molecule has 0 aliphatic carbocycles. The van der Waals surface area contributed by atoms with Crippen molar-refractivity contribution in [2.75, 3.05) is 25.5 Å². The highest BCUT2D eigenvalue weighted by Crippen LogP contribution is 2.31. The van der Waals surface area contributed by atoms with Crippen LogP contribution in [0.15, 0.2) is 55.1 Å². The van der Waals surface area contributed by atoms with Crippen LogP contribution in [0.3, 0.4) is 0 Å². The number of rotatable bonds is 4. The Balaban J connectivity index is 1.60. The van der Waals surface area contributed by atoms with Crippen molar-refractivity contribution in [2.45, 2.75) is 18.8 Å². The van der Waals surface area contributed by atoms with Gasteiger partial charge in [0.1, 0.15) is 17.5 Å². The number of anilines is 2. The van der Waals surface area contributed by atoms with Crippen LogP contribution in [0.1, 0.15) is 24.6 Å². The molecule has 2 N–H and O–H groups in total. The van der Waals surface area contributed by atoms with E-state index in [9.17, 15) is 0 Å². The van der Waals surface area contributed by atoms with Crippen LogP contribution in [0.4, 0.5) is 11.6 Å². The van der Waals surface area contributed by atoms with E-state index in [4.69, 9.17) is 9.97 Å². The van der Waals surface area contributed by atoms with Crippen LogP contribution in [0, 0.1) is 0 Å². The quantitative estimate of drug-likeness (QED) is 0.553. The lowest BCUT2D eigenvalue weighted by atomic mass is 9.97. The van der Waals surface area contributed by atoms with Gasteiger partial charge >= 0.3 is 0 Å². The normalized spacial score (nSPS) is 17.5. The molecule has 7 nitrogen and oxygen atoms in total. The number of nitrogens with zero attached hydrogens (tertiary/aromatic N) is 5. The molecule has 1 atom stereocenters. The summed E-state index contributed by atoms with van der Waals surface area (Å²) in [6.07, 6.45) is 9.67. The largest absolute Gasteiger partial charge is 0.360 e. The Labute approximate surface area is 169 Å². The van der Waals surface area contributed by atoms with Gasteiger partial charge in [0.25, 0.3) is 0 Å². The molecule has 1 saturated heterocycles. The third-order valence-corrected chi connectivity index (χ3v) is 5.41. The maximum absolute atomic E-state index is 4.98. The summed E-state index contributed by atoms with van der Waals surface area (Å²) in [5.41, 5.74) is 2.87. The van der Waals surface area contributed by atoms with Crippen molar-refractivity contribution in [3.63, 3.8) is 0 Å². The van der Waals surface area contributed by atoms with Gasteiger partial charge in [-0.2, -0.15) is 0 Å².